The minimum atomic E-state index is -4.59. The molecule has 1 aliphatic rings. The summed E-state index contributed by atoms with van der Waals surface area (Å²) in [4.78, 5) is 0. The van der Waals surface area contributed by atoms with Crippen molar-refractivity contribution in [1.29, 1.82) is 0 Å². The lowest BCUT2D eigenvalue weighted by Crippen LogP contribution is -2.57. The topological polar surface area (TPSA) is 108 Å². The molecule has 16 heavy (non-hydrogen) atoms. The maximum Gasteiger partial charge on any atom is 0.418 e. The van der Waals surface area contributed by atoms with Crippen molar-refractivity contribution in [1.82, 2.24) is 10.4 Å². The average molecular weight is 251 g/mol. The number of nitrogens with two attached hydrogens (primary N) is 1. The van der Waals surface area contributed by atoms with Crippen LogP contribution in [0.2, 0.25) is 0 Å². The van der Waals surface area contributed by atoms with Gasteiger partial charge in [0.15, 0.2) is 0 Å². The summed E-state index contributed by atoms with van der Waals surface area (Å²) in [5.41, 5.74) is 6.08. The first kappa shape index (κ1) is 12.9. The molecule has 0 spiro atoms. The minimum Gasteiger partial charge on any atom is -0.273 e. The van der Waals surface area contributed by atoms with Crippen LogP contribution < -0.4 is 11.1 Å². The van der Waals surface area contributed by atoms with Crippen LogP contribution in [0.1, 0.15) is 6.92 Å². The molecule has 0 radical (unpaired) electrons. The van der Waals surface area contributed by atoms with Gasteiger partial charge in [0.05, 0.1) is 19.8 Å². The Labute approximate surface area is 93.9 Å². The Morgan fingerprint density at radius 2 is 2.19 bits per heavy atom. The normalized spacial score (nSPS) is 21.6. The van der Waals surface area contributed by atoms with Crippen LogP contribution in [0.3, 0.4) is 0 Å². The molecule has 0 bridgehead atoms. The zero-order valence-electron chi connectivity index (χ0n) is 9.21. The van der Waals surface area contributed by atoms with Crippen LogP contribution in [-0.4, -0.2) is 48.8 Å². The smallest absolute Gasteiger partial charge is 0.273 e. The monoisotopic (exact) mass is 251 g/mol. The molecule has 9 heteroatoms. The van der Waals surface area contributed by atoms with E-state index in [4.69, 9.17) is 10.3 Å². The Morgan fingerprint density at radius 3 is 2.56 bits per heavy atom. The van der Waals surface area contributed by atoms with E-state index in [1.165, 1.54) is 0 Å². The summed E-state index contributed by atoms with van der Waals surface area (Å²) in [6.07, 6.45) is 0.735. The van der Waals surface area contributed by atoms with E-state index in [1.807, 2.05) is 0 Å². The first-order valence-corrected chi connectivity index (χ1v) is 5.78. The predicted molar refractivity (Wildman–Crippen MR) is 56.5 cm³/mol. The second-order valence-electron chi connectivity index (χ2n) is 3.48. The zero-order valence-corrected chi connectivity index (χ0v) is 10.0. The maximum absolute atomic E-state index is 10.6. The van der Waals surface area contributed by atoms with Crippen molar-refractivity contribution >= 4 is 16.2 Å². The molecular weight excluding hydrogens is 236 g/mol. The van der Waals surface area contributed by atoms with Crippen molar-refractivity contribution in [2.24, 2.45) is 5.73 Å². The quantitative estimate of drug-likeness (QED) is 0.402. The lowest BCUT2D eigenvalue weighted by atomic mass is 10.3. The van der Waals surface area contributed by atoms with Gasteiger partial charge in [0.1, 0.15) is 0 Å². The summed E-state index contributed by atoms with van der Waals surface area (Å²) in [6, 6.07) is 0. The highest BCUT2D eigenvalue weighted by Gasteiger charge is 2.30. The lowest BCUT2D eigenvalue weighted by Gasteiger charge is -2.29. The molecule has 0 fully saturated rings. The van der Waals surface area contributed by atoms with E-state index in [1.54, 1.807) is 31.7 Å². The van der Waals surface area contributed by atoms with Gasteiger partial charge in [-0.15, -0.1) is 4.28 Å². The molecule has 8 nitrogen and oxygen atoms in total. The van der Waals surface area contributed by atoms with Crippen LogP contribution in [0.5, 0.6) is 0 Å². The van der Waals surface area contributed by atoms with E-state index >= 15 is 0 Å². The van der Waals surface area contributed by atoms with E-state index in [0.29, 0.717) is 11.5 Å². The van der Waals surface area contributed by atoms with E-state index in [0.717, 1.165) is 5.06 Å². The number of rotatable bonds is 2. The van der Waals surface area contributed by atoms with Gasteiger partial charge >= 0.3 is 10.4 Å². The molecule has 0 aliphatic carbocycles. The van der Waals surface area contributed by atoms with Crippen molar-refractivity contribution < 1.29 is 21.8 Å². The highest BCUT2D eigenvalue weighted by molar-refractivity contribution is 7.80. The molecule has 0 saturated carbocycles. The summed E-state index contributed by atoms with van der Waals surface area (Å²) in [6.45, 7) is 1.61. The largest absolute Gasteiger partial charge is 0.418 e. The highest BCUT2D eigenvalue weighted by atomic mass is 32.3. The van der Waals surface area contributed by atoms with Crippen molar-refractivity contribution in [3.05, 3.63) is 11.8 Å². The third kappa shape index (κ3) is 3.17. The third-order valence-corrected chi connectivity index (χ3v) is 2.25. The Kier molecular flexibility index (Phi) is 3.53. The summed E-state index contributed by atoms with van der Waals surface area (Å²) < 4.78 is 35.8. The average Bonchev–Trinajstić information content (AvgIpc) is 2.09. The molecule has 4 N–H and O–H groups in total. The molecule has 1 heterocycles. The molecule has 1 unspecified atom stereocenters. The molecule has 1 atom stereocenters. The van der Waals surface area contributed by atoms with E-state index in [2.05, 4.69) is 9.60 Å². The number of allylic oxidation sites excluding steroid dienone is 1. The van der Waals surface area contributed by atoms with Gasteiger partial charge in [-0.05, 0) is 6.92 Å². The number of hydrogen-bond donors (Lipinski definition) is 3. The summed E-state index contributed by atoms with van der Waals surface area (Å²) >= 11 is 0. The standard InChI is InChI=1S/C7H14N4O4S/c1-5-4-6(10(2)3)9-7(8)11(5)15-16(12,13)14/h4,7H,8H2,1-3H3,(H,12,13,14)/p+1. The van der Waals surface area contributed by atoms with Gasteiger partial charge in [-0.1, -0.05) is 0 Å². The van der Waals surface area contributed by atoms with Gasteiger partial charge in [-0.2, -0.15) is 13.5 Å². The van der Waals surface area contributed by atoms with Gasteiger partial charge in [0.2, 0.25) is 6.29 Å². The number of nitrogens with zero attached hydrogens (tertiary/aromatic N) is 2. The second kappa shape index (κ2) is 4.37. The van der Waals surface area contributed by atoms with E-state index in [9.17, 15) is 8.42 Å². The Morgan fingerprint density at radius 1 is 1.62 bits per heavy atom. The van der Waals surface area contributed by atoms with Gasteiger partial charge in [0, 0.05) is 6.08 Å². The van der Waals surface area contributed by atoms with Gasteiger partial charge in [0.25, 0.3) is 5.84 Å². The number of hydroxylamine groups is 2. The van der Waals surface area contributed by atoms with Crippen LogP contribution in [-0.2, 0) is 14.7 Å². The van der Waals surface area contributed by atoms with Crippen molar-refractivity contribution in [3.8, 4) is 0 Å². The number of hydrogen-bond acceptors (Lipinski definition) is 5. The summed E-state index contributed by atoms with van der Waals surface area (Å²) in [5, 5.41) is 3.65. The third-order valence-electron chi connectivity index (χ3n) is 1.90. The van der Waals surface area contributed by atoms with Crippen molar-refractivity contribution in [2.45, 2.75) is 13.2 Å². The summed E-state index contributed by atoms with van der Waals surface area (Å²) in [5.74, 6) is 0.709. The molecule has 0 aromatic rings. The lowest BCUT2D eigenvalue weighted by molar-refractivity contribution is -0.466. The van der Waals surface area contributed by atoms with Crippen LogP contribution in [0, 0.1) is 0 Å². The predicted octanol–water partition coefficient (Wildman–Crippen LogP) is -1.56. The Hall–Kier alpha value is -1.16. The fourth-order valence-corrected chi connectivity index (χ4v) is 1.61. The maximum atomic E-state index is 10.6. The highest BCUT2D eigenvalue weighted by Crippen LogP contribution is 2.12. The molecule has 0 aromatic heterocycles. The second-order valence-corrected chi connectivity index (χ2v) is 4.49. The zero-order chi connectivity index (χ0) is 12.5. The van der Waals surface area contributed by atoms with Gasteiger partial charge in [-0.3, -0.25) is 14.9 Å². The van der Waals surface area contributed by atoms with Crippen LogP contribution in [0.25, 0.3) is 0 Å². The molecule has 0 amide bonds. The number of nitrogens with one attached hydrogen (secondary N) is 1. The van der Waals surface area contributed by atoms with Crippen molar-refractivity contribution in [3.63, 3.8) is 0 Å². The fraction of sp³-hybridized carbons (Fsp3) is 0.571. The Balaban J connectivity index is 3.00. The molecule has 92 valence electrons. The molecule has 0 saturated heterocycles. The van der Waals surface area contributed by atoms with Gasteiger partial charge < -0.3 is 0 Å². The SMILES string of the molecule is CC1=CC(=[N+](C)C)NC(N)N1OS(=O)(=O)O. The molecule has 0 aromatic carbocycles. The van der Waals surface area contributed by atoms with E-state index in [-0.39, 0.29) is 0 Å². The Bertz CT molecular complexity index is 437. The van der Waals surface area contributed by atoms with Crippen molar-refractivity contribution in [2.75, 3.05) is 14.1 Å². The van der Waals surface area contributed by atoms with Crippen LogP contribution >= 0.6 is 0 Å². The minimum absolute atomic E-state index is 0.451. The molecular formula is C7H15N4O4S+. The molecule has 1 aliphatic heterocycles. The van der Waals surface area contributed by atoms with E-state index < -0.39 is 16.7 Å². The number of amidine groups is 1. The first-order valence-electron chi connectivity index (χ1n) is 4.41. The van der Waals surface area contributed by atoms with Crippen LogP contribution in [0.4, 0.5) is 0 Å². The van der Waals surface area contributed by atoms with Gasteiger partial charge in [-0.25, -0.2) is 5.32 Å². The first-order chi connectivity index (χ1) is 7.20. The van der Waals surface area contributed by atoms with Crippen LogP contribution in [0.15, 0.2) is 11.8 Å². The molecule has 1 rings (SSSR count). The fourth-order valence-electron chi connectivity index (χ4n) is 1.20. The summed E-state index contributed by atoms with van der Waals surface area (Å²) in [7, 11) is -0.978.